The lowest BCUT2D eigenvalue weighted by Crippen LogP contribution is -2.54. The lowest BCUT2D eigenvalue weighted by atomic mass is 9.96. The minimum absolute atomic E-state index is 0.210. The summed E-state index contributed by atoms with van der Waals surface area (Å²) >= 11 is 0. The van der Waals surface area contributed by atoms with Gasteiger partial charge in [0.15, 0.2) is 0 Å². The summed E-state index contributed by atoms with van der Waals surface area (Å²) in [5.41, 5.74) is 5.10. The number of rotatable bonds is 9. The molecule has 112 valence electrons. The van der Waals surface area contributed by atoms with Crippen LogP contribution in [0.4, 0.5) is 0 Å². The number of hydrogen-bond acceptors (Lipinski definition) is 4. The first-order chi connectivity index (χ1) is 9.09. The summed E-state index contributed by atoms with van der Waals surface area (Å²) in [6, 6.07) is 0.428. The van der Waals surface area contributed by atoms with E-state index in [2.05, 4.69) is 17.1 Å². The number of amides is 1. The highest BCUT2D eigenvalue weighted by Crippen LogP contribution is 2.32. The normalized spacial score (nSPS) is 27.1. The number of hydrogen-bond donors (Lipinski definition) is 2. The molecule has 2 atom stereocenters. The molecule has 1 aliphatic rings. The molecule has 0 aromatic heterocycles. The first-order valence-electron chi connectivity index (χ1n) is 7.46. The average molecular weight is 271 g/mol. The molecule has 0 aromatic rings. The summed E-state index contributed by atoms with van der Waals surface area (Å²) < 4.78 is 5.42. The van der Waals surface area contributed by atoms with Gasteiger partial charge < -0.3 is 15.8 Å². The summed E-state index contributed by atoms with van der Waals surface area (Å²) in [6.45, 7) is 10.4. The predicted octanol–water partition coefficient (Wildman–Crippen LogP) is 0.731. The third kappa shape index (κ3) is 4.16. The van der Waals surface area contributed by atoms with Crippen LogP contribution in [0.5, 0.6) is 0 Å². The fraction of sp³-hybridized carbons (Fsp3) is 0.929. The van der Waals surface area contributed by atoms with Gasteiger partial charge in [0.1, 0.15) is 0 Å². The Bertz CT molecular complexity index is 286. The minimum Gasteiger partial charge on any atom is -0.380 e. The lowest BCUT2D eigenvalue weighted by molar-refractivity contribution is -0.124. The topological polar surface area (TPSA) is 67.6 Å². The average Bonchev–Trinajstić information content (AvgIpc) is 2.81. The molecule has 5 nitrogen and oxygen atoms in total. The Labute approximate surface area is 116 Å². The smallest absolute Gasteiger partial charge is 0.237 e. The summed E-state index contributed by atoms with van der Waals surface area (Å²) in [4.78, 5) is 14.1. The van der Waals surface area contributed by atoms with Crippen LogP contribution in [0.25, 0.3) is 0 Å². The predicted molar refractivity (Wildman–Crippen MR) is 77.0 cm³/mol. The molecule has 2 unspecified atom stereocenters. The largest absolute Gasteiger partial charge is 0.380 e. The van der Waals surface area contributed by atoms with Crippen LogP contribution in [0.1, 0.15) is 40.0 Å². The summed E-state index contributed by atoms with van der Waals surface area (Å²) in [5, 5.41) is 3.30. The van der Waals surface area contributed by atoms with Crippen LogP contribution in [0.2, 0.25) is 0 Å². The molecule has 1 saturated carbocycles. The molecular formula is C14H29N3O2. The molecule has 3 N–H and O–H groups in total. The Kier molecular flexibility index (Phi) is 6.75. The number of nitrogens with two attached hydrogens (primary N) is 1. The molecule has 0 bridgehead atoms. The number of primary amides is 1. The quantitative estimate of drug-likeness (QED) is 0.607. The Morgan fingerprint density at radius 3 is 2.74 bits per heavy atom. The molecular weight excluding hydrogens is 242 g/mol. The van der Waals surface area contributed by atoms with Crippen molar-refractivity contribution in [2.75, 3.05) is 32.8 Å². The van der Waals surface area contributed by atoms with Gasteiger partial charge in [0.25, 0.3) is 0 Å². The Balaban J connectivity index is 2.58. The van der Waals surface area contributed by atoms with Gasteiger partial charge in [-0.1, -0.05) is 13.8 Å². The van der Waals surface area contributed by atoms with E-state index in [1.54, 1.807) is 0 Å². The fourth-order valence-electron chi connectivity index (χ4n) is 3.07. The van der Waals surface area contributed by atoms with Gasteiger partial charge in [-0.25, -0.2) is 0 Å². The number of nitrogens with zero attached hydrogens (tertiary/aromatic N) is 1. The number of carbonyl (C=O) groups excluding carboxylic acids is 1. The summed E-state index contributed by atoms with van der Waals surface area (Å²) in [6.07, 6.45) is 2.68. The Hall–Kier alpha value is -0.650. The van der Waals surface area contributed by atoms with E-state index >= 15 is 0 Å². The molecule has 1 aliphatic carbocycles. The maximum Gasteiger partial charge on any atom is 0.237 e. The lowest BCUT2D eigenvalue weighted by Gasteiger charge is -2.30. The molecule has 0 aromatic carbocycles. The van der Waals surface area contributed by atoms with Crippen molar-refractivity contribution in [1.82, 2.24) is 10.2 Å². The first-order valence-corrected chi connectivity index (χ1v) is 7.46. The Morgan fingerprint density at radius 2 is 2.21 bits per heavy atom. The van der Waals surface area contributed by atoms with E-state index < -0.39 is 5.54 Å². The second kappa shape index (κ2) is 7.82. The summed E-state index contributed by atoms with van der Waals surface area (Å²) in [5.74, 6) is -0.210. The summed E-state index contributed by atoms with van der Waals surface area (Å²) in [7, 11) is 0. The van der Waals surface area contributed by atoms with Crippen molar-refractivity contribution in [1.29, 1.82) is 0 Å². The van der Waals surface area contributed by atoms with Crippen LogP contribution in [-0.4, -0.2) is 55.2 Å². The van der Waals surface area contributed by atoms with Crippen molar-refractivity contribution in [3.63, 3.8) is 0 Å². The van der Waals surface area contributed by atoms with Gasteiger partial charge in [-0.05, 0) is 39.3 Å². The van der Waals surface area contributed by atoms with E-state index in [-0.39, 0.29) is 5.91 Å². The van der Waals surface area contributed by atoms with Crippen molar-refractivity contribution < 1.29 is 9.53 Å². The third-order valence-corrected chi connectivity index (χ3v) is 4.12. The van der Waals surface area contributed by atoms with Crippen LogP contribution in [-0.2, 0) is 9.53 Å². The molecule has 1 fully saturated rings. The van der Waals surface area contributed by atoms with Crippen molar-refractivity contribution in [3.8, 4) is 0 Å². The van der Waals surface area contributed by atoms with Crippen LogP contribution >= 0.6 is 0 Å². The Morgan fingerprint density at radius 1 is 1.47 bits per heavy atom. The van der Waals surface area contributed by atoms with E-state index in [0.717, 1.165) is 52.1 Å². The van der Waals surface area contributed by atoms with Crippen molar-refractivity contribution >= 4 is 5.91 Å². The molecule has 19 heavy (non-hydrogen) atoms. The van der Waals surface area contributed by atoms with Crippen LogP contribution in [0.15, 0.2) is 0 Å². The SMILES string of the molecule is CCNC1(C(N)=O)CCC(N(CC)CCOCC)C1. The zero-order valence-electron chi connectivity index (χ0n) is 12.6. The number of nitrogens with one attached hydrogen (secondary N) is 1. The van der Waals surface area contributed by atoms with Crippen LogP contribution in [0, 0.1) is 0 Å². The number of ether oxygens (including phenoxy) is 1. The molecule has 5 heteroatoms. The van der Waals surface area contributed by atoms with Crippen molar-refractivity contribution in [2.45, 2.75) is 51.6 Å². The molecule has 0 radical (unpaired) electrons. The van der Waals surface area contributed by atoms with E-state index in [1.165, 1.54) is 0 Å². The van der Waals surface area contributed by atoms with E-state index in [0.29, 0.717) is 6.04 Å². The second-order valence-corrected chi connectivity index (χ2v) is 5.20. The molecule has 0 spiro atoms. The highest BCUT2D eigenvalue weighted by molar-refractivity contribution is 5.85. The molecule has 0 aliphatic heterocycles. The zero-order valence-corrected chi connectivity index (χ0v) is 12.6. The first kappa shape index (κ1) is 16.4. The molecule has 1 amide bonds. The van der Waals surface area contributed by atoms with Crippen molar-refractivity contribution in [3.05, 3.63) is 0 Å². The van der Waals surface area contributed by atoms with E-state index in [1.807, 2.05) is 13.8 Å². The van der Waals surface area contributed by atoms with Gasteiger partial charge in [-0.3, -0.25) is 9.69 Å². The zero-order chi connectivity index (χ0) is 14.3. The second-order valence-electron chi connectivity index (χ2n) is 5.20. The van der Waals surface area contributed by atoms with Gasteiger partial charge in [0.2, 0.25) is 5.91 Å². The maximum atomic E-state index is 11.7. The number of likely N-dealkylation sites (N-methyl/N-ethyl adjacent to an activating group) is 2. The maximum absolute atomic E-state index is 11.7. The van der Waals surface area contributed by atoms with Gasteiger partial charge >= 0.3 is 0 Å². The van der Waals surface area contributed by atoms with Gasteiger partial charge in [-0.15, -0.1) is 0 Å². The van der Waals surface area contributed by atoms with Gasteiger partial charge in [0, 0.05) is 19.2 Å². The van der Waals surface area contributed by atoms with Crippen molar-refractivity contribution in [2.24, 2.45) is 5.73 Å². The minimum atomic E-state index is -0.502. The van der Waals surface area contributed by atoms with Crippen LogP contribution < -0.4 is 11.1 Å². The molecule has 0 heterocycles. The van der Waals surface area contributed by atoms with Gasteiger partial charge in [-0.2, -0.15) is 0 Å². The fourth-order valence-corrected chi connectivity index (χ4v) is 3.07. The van der Waals surface area contributed by atoms with Crippen LogP contribution in [0.3, 0.4) is 0 Å². The third-order valence-electron chi connectivity index (χ3n) is 4.12. The van der Waals surface area contributed by atoms with Gasteiger partial charge in [0.05, 0.1) is 12.1 Å². The van der Waals surface area contributed by atoms with E-state index in [4.69, 9.17) is 10.5 Å². The monoisotopic (exact) mass is 271 g/mol. The number of carbonyl (C=O) groups is 1. The van der Waals surface area contributed by atoms with E-state index in [9.17, 15) is 4.79 Å². The standard InChI is InChI=1S/C14H29N3O2/c1-4-16-14(13(15)18)8-7-12(11-14)17(5-2)9-10-19-6-3/h12,16H,4-11H2,1-3H3,(H2,15,18). The molecule has 0 saturated heterocycles. The molecule has 1 rings (SSSR count). The highest BCUT2D eigenvalue weighted by Gasteiger charge is 2.44. The highest BCUT2D eigenvalue weighted by atomic mass is 16.5.